The van der Waals surface area contributed by atoms with Gasteiger partial charge in [-0.3, -0.25) is 9.20 Å². The van der Waals surface area contributed by atoms with Crippen molar-refractivity contribution in [1.29, 1.82) is 0 Å². The van der Waals surface area contributed by atoms with E-state index in [0.29, 0.717) is 4.88 Å². The highest BCUT2D eigenvalue weighted by molar-refractivity contribution is 9.10. The van der Waals surface area contributed by atoms with Crippen LogP contribution in [0.25, 0.3) is 5.65 Å². The van der Waals surface area contributed by atoms with Crippen LogP contribution >= 0.6 is 39.0 Å². The van der Waals surface area contributed by atoms with Crippen LogP contribution in [0.3, 0.4) is 0 Å². The molecule has 3 rings (SSSR count). The van der Waals surface area contributed by atoms with Crippen molar-refractivity contribution in [3.8, 4) is 0 Å². The third-order valence-electron chi connectivity index (χ3n) is 3.39. The van der Waals surface area contributed by atoms with Gasteiger partial charge in [0.2, 0.25) is 0 Å². The SMILES string of the molecule is CSCCC(NC(=O)c1sccc1Br)c1nnc2ccccn12. The molecular weight excluding hydrogens is 396 g/mol. The molecule has 0 aliphatic carbocycles. The highest BCUT2D eigenvalue weighted by Gasteiger charge is 2.22. The average Bonchev–Trinajstić information content (AvgIpc) is 3.17. The van der Waals surface area contributed by atoms with E-state index in [0.717, 1.165) is 28.1 Å². The van der Waals surface area contributed by atoms with E-state index in [1.807, 2.05) is 40.2 Å². The van der Waals surface area contributed by atoms with E-state index in [-0.39, 0.29) is 11.9 Å². The Bertz CT molecular complexity index is 817. The number of rotatable bonds is 6. The number of pyridine rings is 1. The van der Waals surface area contributed by atoms with Gasteiger partial charge in [-0.1, -0.05) is 6.07 Å². The lowest BCUT2D eigenvalue weighted by Crippen LogP contribution is -2.30. The van der Waals surface area contributed by atoms with Gasteiger partial charge < -0.3 is 5.32 Å². The summed E-state index contributed by atoms with van der Waals surface area (Å²) in [5.74, 6) is 1.60. The molecule has 0 radical (unpaired) electrons. The van der Waals surface area contributed by atoms with Gasteiger partial charge in [-0.25, -0.2) is 0 Å². The maximum atomic E-state index is 12.5. The summed E-state index contributed by atoms with van der Waals surface area (Å²) >= 11 is 6.57. The summed E-state index contributed by atoms with van der Waals surface area (Å²) in [6, 6.07) is 7.46. The fourth-order valence-corrected chi connectivity index (χ4v) is 4.20. The second-order valence-electron chi connectivity index (χ2n) is 4.89. The summed E-state index contributed by atoms with van der Waals surface area (Å²) in [5, 5.41) is 13.5. The van der Waals surface area contributed by atoms with Crippen LogP contribution in [0, 0.1) is 0 Å². The number of carbonyl (C=O) groups excluding carboxylic acids is 1. The van der Waals surface area contributed by atoms with Crippen molar-refractivity contribution in [1.82, 2.24) is 19.9 Å². The maximum absolute atomic E-state index is 12.5. The first-order chi connectivity index (χ1) is 11.2. The summed E-state index contributed by atoms with van der Waals surface area (Å²) in [7, 11) is 0. The van der Waals surface area contributed by atoms with E-state index in [2.05, 4.69) is 37.7 Å². The van der Waals surface area contributed by atoms with Gasteiger partial charge >= 0.3 is 0 Å². The van der Waals surface area contributed by atoms with E-state index < -0.39 is 0 Å². The second kappa shape index (κ2) is 7.46. The van der Waals surface area contributed by atoms with Crippen LogP contribution in [-0.4, -0.2) is 32.5 Å². The zero-order chi connectivity index (χ0) is 16.2. The molecule has 1 N–H and O–H groups in total. The van der Waals surface area contributed by atoms with Crippen LogP contribution in [0.15, 0.2) is 40.3 Å². The summed E-state index contributed by atoms with van der Waals surface area (Å²) in [6.07, 6.45) is 4.77. The summed E-state index contributed by atoms with van der Waals surface area (Å²) in [6.45, 7) is 0. The lowest BCUT2D eigenvalue weighted by atomic mass is 10.2. The predicted molar refractivity (Wildman–Crippen MR) is 98.2 cm³/mol. The van der Waals surface area contributed by atoms with Crippen LogP contribution in [0.1, 0.15) is 28.0 Å². The highest BCUT2D eigenvalue weighted by atomic mass is 79.9. The fraction of sp³-hybridized carbons (Fsp3) is 0.267. The number of hydrogen-bond donors (Lipinski definition) is 1. The second-order valence-corrected chi connectivity index (χ2v) is 7.65. The molecule has 1 amide bonds. The molecule has 5 nitrogen and oxygen atoms in total. The van der Waals surface area contributed by atoms with Gasteiger partial charge in [-0.15, -0.1) is 21.5 Å². The molecule has 1 atom stereocenters. The van der Waals surface area contributed by atoms with Crippen molar-refractivity contribution in [3.05, 3.63) is 51.0 Å². The molecule has 3 heterocycles. The van der Waals surface area contributed by atoms with Gasteiger partial charge in [0.1, 0.15) is 4.88 Å². The Morgan fingerprint density at radius 1 is 1.43 bits per heavy atom. The summed E-state index contributed by atoms with van der Waals surface area (Å²) in [5.41, 5.74) is 0.781. The number of halogens is 1. The smallest absolute Gasteiger partial charge is 0.263 e. The Hall–Kier alpha value is -1.38. The molecule has 8 heteroatoms. The van der Waals surface area contributed by atoms with Gasteiger partial charge in [0.15, 0.2) is 11.5 Å². The van der Waals surface area contributed by atoms with Crippen molar-refractivity contribution in [2.75, 3.05) is 12.0 Å². The molecule has 0 spiro atoms. The van der Waals surface area contributed by atoms with Crippen molar-refractivity contribution in [2.45, 2.75) is 12.5 Å². The molecule has 0 aliphatic rings. The number of nitrogens with one attached hydrogen (secondary N) is 1. The third kappa shape index (κ3) is 3.59. The lowest BCUT2D eigenvalue weighted by Gasteiger charge is -2.16. The number of hydrogen-bond acceptors (Lipinski definition) is 5. The van der Waals surface area contributed by atoms with Gasteiger partial charge in [0.05, 0.1) is 6.04 Å². The number of thioether (sulfide) groups is 1. The molecule has 23 heavy (non-hydrogen) atoms. The molecule has 0 saturated carbocycles. The molecule has 0 aromatic carbocycles. The minimum absolute atomic E-state index is 0.0920. The number of nitrogens with zero attached hydrogens (tertiary/aromatic N) is 3. The van der Waals surface area contributed by atoms with Crippen LogP contribution in [0.2, 0.25) is 0 Å². The largest absolute Gasteiger partial charge is 0.341 e. The first kappa shape index (κ1) is 16.5. The van der Waals surface area contributed by atoms with Crippen LogP contribution < -0.4 is 5.32 Å². The molecule has 0 aliphatic heterocycles. The minimum atomic E-state index is -0.179. The third-order valence-corrected chi connectivity index (χ3v) is 5.87. The number of thiophene rings is 1. The van der Waals surface area contributed by atoms with E-state index in [1.54, 1.807) is 11.8 Å². The minimum Gasteiger partial charge on any atom is -0.341 e. The van der Waals surface area contributed by atoms with Gasteiger partial charge in [0.25, 0.3) is 5.91 Å². The van der Waals surface area contributed by atoms with Crippen LogP contribution in [0.5, 0.6) is 0 Å². The van der Waals surface area contributed by atoms with Crippen molar-refractivity contribution < 1.29 is 4.79 Å². The Kier molecular flexibility index (Phi) is 5.34. The average molecular weight is 411 g/mol. The maximum Gasteiger partial charge on any atom is 0.263 e. The standard InChI is InChI=1S/C15H15BrN4OS2/c1-22-8-6-11(17-15(21)13-10(16)5-9-23-13)14-19-18-12-4-2-3-7-20(12)14/h2-5,7,9,11H,6,8H2,1H3,(H,17,21). The van der Waals surface area contributed by atoms with Crippen molar-refractivity contribution in [2.24, 2.45) is 0 Å². The molecule has 0 fully saturated rings. The van der Waals surface area contributed by atoms with E-state index in [9.17, 15) is 4.79 Å². The Morgan fingerprint density at radius 3 is 3.04 bits per heavy atom. The zero-order valence-electron chi connectivity index (χ0n) is 12.4. The monoisotopic (exact) mass is 410 g/mol. The molecular formula is C15H15BrN4OS2. The number of amides is 1. The van der Waals surface area contributed by atoms with Crippen molar-refractivity contribution >= 4 is 50.6 Å². The number of aromatic nitrogens is 3. The van der Waals surface area contributed by atoms with E-state index >= 15 is 0 Å². The quantitative estimate of drug-likeness (QED) is 0.671. The molecule has 0 bridgehead atoms. The highest BCUT2D eigenvalue weighted by Crippen LogP contribution is 2.24. The molecule has 1 unspecified atom stereocenters. The number of fused-ring (bicyclic) bond motifs is 1. The fourth-order valence-electron chi connectivity index (χ4n) is 2.28. The summed E-state index contributed by atoms with van der Waals surface area (Å²) < 4.78 is 2.74. The predicted octanol–water partition coefficient (Wildman–Crippen LogP) is 3.78. The first-order valence-electron chi connectivity index (χ1n) is 7.03. The van der Waals surface area contributed by atoms with Crippen LogP contribution in [0.4, 0.5) is 0 Å². The molecule has 3 aromatic heterocycles. The van der Waals surface area contributed by atoms with E-state index in [1.165, 1.54) is 11.3 Å². The van der Waals surface area contributed by atoms with Gasteiger partial charge in [-0.2, -0.15) is 11.8 Å². The molecule has 3 aromatic rings. The van der Waals surface area contributed by atoms with Crippen LogP contribution in [-0.2, 0) is 0 Å². The van der Waals surface area contributed by atoms with Gasteiger partial charge in [-0.05, 0) is 57.9 Å². The Morgan fingerprint density at radius 2 is 2.30 bits per heavy atom. The van der Waals surface area contributed by atoms with E-state index in [4.69, 9.17) is 0 Å². The Labute approximate surface area is 150 Å². The number of carbonyl (C=O) groups is 1. The summed E-state index contributed by atoms with van der Waals surface area (Å²) in [4.78, 5) is 13.2. The first-order valence-corrected chi connectivity index (χ1v) is 10.1. The zero-order valence-corrected chi connectivity index (χ0v) is 15.6. The van der Waals surface area contributed by atoms with Crippen molar-refractivity contribution in [3.63, 3.8) is 0 Å². The normalized spacial score (nSPS) is 12.4. The topological polar surface area (TPSA) is 59.3 Å². The lowest BCUT2D eigenvalue weighted by molar-refractivity contribution is 0.0937. The Balaban J connectivity index is 1.89. The molecule has 0 saturated heterocycles. The molecule has 120 valence electrons. The van der Waals surface area contributed by atoms with Gasteiger partial charge in [0, 0.05) is 10.7 Å².